The highest BCUT2D eigenvalue weighted by Gasteiger charge is 2.27. The van der Waals surface area contributed by atoms with Crippen molar-refractivity contribution in [2.75, 3.05) is 31.6 Å². The van der Waals surface area contributed by atoms with E-state index in [1.807, 2.05) is 17.2 Å². The first-order chi connectivity index (χ1) is 13.9. The van der Waals surface area contributed by atoms with E-state index in [0.717, 1.165) is 30.6 Å². The molecular formula is C22H29N3O3S. The van der Waals surface area contributed by atoms with Crippen molar-refractivity contribution in [2.45, 2.75) is 40.5 Å². The Hall–Kier alpha value is -2.25. The molecule has 1 aromatic carbocycles. The Kier molecular flexibility index (Phi) is 7.03. The van der Waals surface area contributed by atoms with Gasteiger partial charge in [0, 0.05) is 17.5 Å². The van der Waals surface area contributed by atoms with Gasteiger partial charge in [-0.05, 0) is 58.2 Å². The van der Waals surface area contributed by atoms with Crippen molar-refractivity contribution < 1.29 is 14.3 Å². The van der Waals surface area contributed by atoms with Crippen LogP contribution in [0.25, 0.3) is 11.3 Å². The van der Waals surface area contributed by atoms with Crippen molar-refractivity contribution in [3.63, 3.8) is 0 Å². The molecule has 1 N–H and O–H groups in total. The molecule has 3 rings (SSSR count). The molecule has 29 heavy (non-hydrogen) atoms. The van der Waals surface area contributed by atoms with E-state index in [0.29, 0.717) is 18.3 Å². The fraction of sp³-hybridized carbons (Fsp3) is 0.500. The molecule has 1 amide bonds. The number of ether oxygens (including phenoxy) is 1. The molecular weight excluding hydrogens is 386 g/mol. The number of carbonyl (C=O) groups is 2. The van der Waals surface area contributed by atoms with Crippen LogP contribution < -0.4 is 5.32 Å². The standard InChI is InChI=1S/C22H29N3O3S/c1-5-28-21(27)17-7-6-8-25(11-17)12-19(26)24-22-23-18(13-29-22)20-15(3)9-14(2)10-16(20)4/h9-10,13,17H,5-8,11-12H2,1-4H3,(H,23,24,26). The summed E-state index contributed by atoms with van der Waals surface area (Å²) >= 11 is 1.43. The number of hydrogen-bond donors (Lipinski definition) is 1. The SMILES string of the molecule is CCOC(=O)C1CCCN(CC(=O)Nc2nc(-c3c(C)cc(C)cc3C)cs2)C1. The number of hydrogen-bond acceptors (Lipinski definition) is 6. The number of anilines is 1. The molecule has 1 fully saturated rings. The zero-order valence-corrected chi connectivity index (χ0v) is 18.4. The Bertz CT molecular complexity index is 870. The second-order valence-corrected chi connectivity index (χ2v) is 8.54. The number of carbonyl (C=O) groups excluding carboxylic acids is 2. The Balaban J connectivity index is 1.60. The summed E-state index contributed by atoms with van der Waals surface area (Å²) in [7, 11) is 0. The number of thiazole rings is 1. The molecule has 1 aliphatic rings. The topological polar surface area (TPSA) is 71.5 Å². The van der Waals surface area contributed by atoms with E-state index in [4.69, 9.17) is 4.74 Å². The summed E-state index contributed by atoms with van der Waals surface area (Å²) in [6.07, 6.45) is 1.71. The highest BCUT2D eigenvalue weighted by Crippen LogP contribution is 2.31. The molecule has 156 valence electrons. The number of esters is 1. The molecule has 6 nitrogen and oxygen atoms in total. The van der Waals surface area contributed by atoms with E-state index in [-0.39, 0.29) is 24.3 Å². The molecule has 7 heteroatoms. The maximum atomic E-state index is 12.5. The molecule has 1 aliphatic heterocycles. The summed E-state index contributed by atoms with van der Waals surface area (Å²) in [6, 6.07) is 4.30. The minimum Gasteiger partial charge on any atom is -0.466 e. The predicted molar refractivity (Wildman–Crippen MR) is 116 cm³/mol. The van der Waals surface area contributed by atoms with E-state index in [1.54, 1.807) is 0 Å². The molecule has 2 heterocycles. The van der Waals surface area contributed by atoms with Crippen LogP contribution >= 0.6 is 11.3 Å². The van der Waals surface area contributed by atoms with Crippen LogP contribution in [0.1, 0.15) is 36.5 Å². The summed E-state index contributed by atoms with van der Waals surface area (Å²) in [5.41, 5.74) is 5.62. The summed E-state index contributed by atoms with van der Waals surface area (Å²) in [4.78, 5) is 31.1. The van der Waals surface area contributed by atoms with Crippen molar-refractivity contribution in [3.8, 4) is 11.3 Å². The van der Waals surface area contributed by atoms with Gasteiger partial charge in [0.1, 0.15) is 0 Å². The van der Waals surface area contributed by atoms with E-state index in [2.05, 4.69) is 43.2 Å². The minimum atomic E-state index is -0.161. The highest BCUT2D eigenvalue weighted by molar-refractivity contribution is 7.14. The predicted octanol–water partition coefficient (Wildman–Crippen LogP) is 3.95. The average Bonchev–Trinajstić information content (AvgIpc) is 3.09. The van der Waals surface area contributed by atoms with Crippen LogP contribution in [0.15, 0.2) is 17.5 Å². The number of aromatic nitrogens is 1. The largest absolute Gasteiger partial charge is 0.466 e. The Morgan fingerprint density at radius 3 is 2.69 bits per heavy atom. The zero-order valence-electron chi connectivity index (χ0n) is 17.6. The van der Waals surface area contributed by atoms with Crippen LogP contribution in [0.3, 0.4) is 0 Å². The summed E-state index contributed by atoms with van der Waals surface area (Å²) in [5.74, 6) is -0.408. The number of piperidine rings is 1. The molecule has 1 unspecified atom stereocenters. The molecule has 0 bridgehead atoms. The van der Waals surface area contributed by atoms with E-state index < -0.39 is 0 Å². The van der Waals surface area contributed by atoms with Gasteiger partial charge in [-0.15, -0.1) is 11.3 Å². The lowest BCUT2D eigenvalue weighted by atomic mass is 9.98. The lowest BCUT2D eigenvalue weighted by Gasteiger charge is -2.30. The van der Waals surface area contributed by atoms with Crippen LogP contribution in [-0.4, -0.2) is 48.0 Å². The van der Waals surface area contributed by atoms with Gasteiger partial charge in [0.2, 0.25) is 5.91 Å². The molecule has 1 atom stereocenters. The monoisotopic (exact) mass is 415 g/mol. The van der Waals surface area contributed by atoms with E-state index in [9.17, 15) is 9.59 Å². The molecule has 0 aliphatic carbocycles. The first kappa shape index (κ1) is 21.5. The smallest absolute Gasteiger partial charge is 0.310 e. The first-order valence-corrected chi connectivity index (χ1v) is 11.0. The van der Waals surface area contributed by atoms with Gasteiger partial charge in [0.15, 0.2) is 5.13 Å². The van der Waals surface area contributed by atoms with Crippen LogP contribution in [0.5, 0.6) is 0 Å². The van der Waals surface area contributed by atoms with E-state index in [1.165, 1.54) is 28.0 Å². The summed E-state index contributed by atoms with van der Waals surface area (Å²) in [6.45, 7) is 10.1. The molecule has 0 radical (unpaired) electrons. The quantitative estimate of drug-likeness (QED) is 0.724. The second kappa shape index (κ2) is 9.50. The molecule has 1 aromatic heterocycles. The van der Waals surface area contributed by atoms with Crippen LogP contribution in [-0.2, 0) is 14.3 Å². The van der Waals surface area contributed by atoms with Gasteiger partial charge < -0.3 is 10.1 Å². The van der Waals surface area contributed by atoms with E-state index >= 15 is 0 Å². The molecule has 0 spiro atoms. The Labute approximate surface area is 176 Å². The third-order valence-corrected chi connectivity index (χ3v) is 5.93. The fourth-order valence-corrected chi connectivity index (χ4v) is 4.76. The van der Waals surface area contributed by atoms with Crippen molar-refractivity contribution in [1.82, 2.24) is 9.88 Å². The normalized spacial score (nSPS) is 17.2. The summed E-state index contributed by atoms with van der Waals surface area (Å²) < 4.78 is 5.13. The van der Waals surface area contributed by atoms with Crippen molar-refractivity contribution in [1.29, 1.82) is 0 Å². The average molecular weight is 416 g/mol. The highest BCUT2D eigenvalue weighted by atomic mass is 32.1. The van der Waals surface area contributed by atoms with Crippen molar-refractivity contribution in [3.05, 3.63) is 34.2 Å². The number of nitrogens with one attached hydrogen (secondary N) is 1. The molecule has 0 saturated carbocycles. The number of rotatable bonds is 6. The minimum absolute atomic E-state index is 0.104. The number of nitrogens with zero attached hydrogens (tertiary/aromatic N) is 2. The van der Waals surface area contributed by atoms with Crippen molar-refractivity contribution >= 4 is 28.3 Å². The third kappa shape index (κ3) is 5.42. The zero-order chi connectivity index (χ0) is 21.0. The van der Waals surface area contributed by atoms with Crippen LogP contribution in [0.2, 0.25) is 0 Å². The number of likely N-dealkylation sites (tertiary alicyclic amines) is 1. The van der Waals surface area contributed by atoms with Gasteiger partial charge in [-0.1, -0.05) is 17.7 Å². The number of benzene rings is 1. The van der Waals surface area contributed by atoms with Crippen LogP contribution in [0.4, 0.5) is 5.13 Å². The maximum Gasteiger partial charge on any atom is 0.310 e. The van der Waals surface area contributed by atoms with Crippen LogP contribution in [0, 0.1) is 26.7 Å². The Morgan fingerprint density at radius 1 is 1.28 bits per heavy atom. The maximum absolute atomic E-state index is 12.5. The van der Waals surface area contributed by atoms with Gasteiger partial charge in [0.05, 0.1) is 24.8 Å². The number of amides is 1. The Morgan fingerprint density at radius 2 is 2.00 bits per heavy atom. The lowest BCUT2D eigenvalue weighted by molar-refractivity contribution is -0.150. The van der Waals surface area contributed by atoms with Crippen molar-refractivity contribution in [2.24, 2.45) is 5.92 Å². The fourth-order valence-electron chi connectivity index (χ4n) is 4.04. The van der Waals surface area contributed by atoms with Gasteiger partial charge in [-0.2, -0.15) is 0 Å². The third-order valence-electron chi connectivity index (χ3n) is 5.18. The van der Waals surface area contributed by atoms with Gasteiger partial charge in [-0.3, -0.25) is 14.5 Å². The van der Waals surface area contributed by atoms with Gasteiger partial charge in [0.25, 0.3) is 0 Å². The second-order valence-electron chi connectivity index (χ2n) is 7.69. The van der Waals surface area contributed by atoms with Gasteiger partial charge >= 0.3 is 5.97 Å². The molecule has 2 aromatic rings. The molecule has 1 saturated heterocycles. The van der Waals surface area contributed by atoms with Gasteiger partial charge in [-0.25, -0.2) is 4.98 Å². The summed E-state index contributed by atoms with van der Waals surface area (Å²) in [5, 5.41) is 5.49. The lowest BCUT2D eigenvalue weighted by Crippen LogP contribution is -2.43. The first-order valence-electron chi connectivity index (χ1n) is 10.1. The number of aryl methyl sites for hydroxylation is 3.